The Morgan fingerprint density at radius 3 is 2.35 bits per heavy atom. The Labute approximate surface area is 119 Å². The molecule has 0 unspecified atom stereocenters. The van der Waals surface area contributed by atoms with Crippen LogP contribution in [0.25, 0.3) is 0 Å². The van der Waals surface area contributed by atoms with Gasteiger partial charge in [0.2, 0.25) is 0 Å². The van der Waals surface area contributed by atoms with Gasteiger partial charge in [-0.2, -0.15) is 5.26 Å². The van der Waals surface area contributed by atoms with E-state index < -0.39 is 0 Å². The van der Waals surface area contributed by atoms with E-state index >= 15 is 0 Å². The van der Waals surface area contributed by atoms with Crippen molar-refractivity contribution >= 4 is 0 Å². The zero-order valence-electron chi connectivity index (χ0n) is 11.7. The third-order valence-corrected chi connectivity index (χ3v) is 3.21. The standard InChI is InChI=1S/C17H17NO2/c1-19-16-6-4-3-5-14(16)12-15-8-7-13(9-10-18)11-17(15)20-2/h3-8,11H,9,12H2,1-2H3. The topological polar surface area (TPSA) is 42.2 Å². The van der Waals surface area contributed by atoms with E-state index in [1.807, 2.05) is 42.5 Å². The number of hydrogen-bond acceptors (Lipinski definition) is 3. The summed E-state index contributed by atoms with van der Waals surface area (Å²) in [7, 11) is 3.32. The van der Waals surface area contributed by atoms with E-state index in [0.29, 0.717) is 6.42 Å². The number of para-hydroxylation sites is 1. The van der Waals surface area contributed by atoms with Gasteiger partial charge in [-0.1, -0.05) is 30.3 Å². The third-order valence-electron chi connectivity index (χ3n) is 3.21. The first-order valence-corrected chi connectivity index (χ1v) is 6.43. The van der Waals surface area contributed by atoms with E-state index in [4.69, 9.17) is 14.7 Å². The zero-order chi connectivity index (χ0) is 14.4. The van der Waals surface area contributed by atoms with Gasteiger partial charge in [0.25, 0.3) is 0 Å². The Morgan fingerprint density at radius 1 is 0.950 bits per heavy atom. The van der Waals surface area contributed by atoms with E-state index in [0.717, 1.165) is 34.6 Å². The van der Waals surface area contributed by atoms with Gasteiger partial charge in [0.15, 0.2) is 0 Å². The lowest BCUT2D eigenvalue weighted by Crippen LogP contribution is -1.97. The molecule has 2 aromatic carbocycles. The predicted molar refractivity (Wildman–Crippen MR) is 78.1 cm³/mol. The van der Waals surface area contributed by atoms with Crippen LogP contribution in [0.15, 0.2) is 42.5 Å². The highest BCUT2D eigenvalue weighted by Gasteiger charge is 2.08. The van der Waals surface area contributed by atoms with E-state index in [-0.39, 0.29) is 0 Å². The summed E-state index contributed by atoms with van der Waals surface area (Å²) in [4.78, 5) is 0. The molecule has 0 aliphatic carbocycles. The summed E-state index contributed by atoms with van der Waals surface area (Å²) in [5.41, 5.74) is 3.16. The third kappa shape index (κ3) is 3.10. The lowest BCUT2D eigenvalue weighted by Gasteiger charge is -2.12. The minimum Gasteiger partial charge on any atom is -0.496 e. The lowest BCUT2D eigenvalue weighted by atomic mass is 10.0. The van der Waals surface area contributed by atoms with Crippen LogP contribution >= 0.6 is 0 Å². The van der Waals surface area contributed by atoms with Gasteiger partial charge < -0.3 is 9.47 Å². The van der Waals surface area contributed by atoms with Gasteiger partial charge in [0.05, 0.1) is 26.7 Å². The lowest BCUT2D eigenvalue weighted by molar-refractivity contribution is 0.405. The number of ether oxygens (including phenoxy) is 2. The van der Waals surface area contributed by atoms with Gasteiger partial charge in [-0.3, -0.25) is 0 Å². The molecule has 0 N–H and O–H groups in total. The first kappa shape index (κ1) is 14.0. The number of nitrogens with zero attached hydrogens (tertiary/aromatic N) is 1. The fourth-order valence-electron chi connectivity index (χ4n) is 2.19. The molecule has 3 heteroatoms. The summed E-state index contributed by atoms with van der Waals surface area (Å²) < 4.78 is 10.8. The second-order valence-electron chi connectivity index (χ2n) is 4.47. The molecule has 0 aliphatic rings. The number of hydrogen-bond donors (Lipinski definition) is 0. The van der Waals surface area contributed by atoms with Crippen molar-refractivity contribution in [2.24, 2.45) is 0 Å². The zero-order valence-corrected chi connectivity index (χ0v) is 11.7. The van der Waals surface area contributed by atoms with Crippen LogP contribution in [-0.2, 0) is 12.8 Å². The molecule has 3 nitrogen and oxygen atoms in total. The first-order chi connectivity index (χ1) is 9.78. The van der Waals surface area contributed by atoms with Crippen molar-refractivity contribution in [3.63, 3.8) is 0 Å². The van der Waals surface area contributed by atoms with Crippen LogP contribution < -0.4 is 9.47 Å². The summed E-state index contributed by atoms with van der Waals surface area (Å²) in [6.45, 7) is 0. The second kappa shape index (κ2) is 6.63. The maximum absolute atomic E-state index is 8.75. The second-order valence-corrected chi connectivity index (χ2v) is 4.47. The van der Waals surface area contributed by atoms with Crippen LogP contribution in [0.4, 0.5) is 0 Å². The molecule has 0 aliphatic heterocycles. The van der Waals surface area contributed by atoms with Crippen molar-refractivity contribution in [2.45, 2.75) is 12.8 Å². The first-order valence-electron chi connectivity index (χ1n) is 6.43. The molecule has 0 amide bonds. The van der Waals surface area contributed by atoms with Crippen LogP contribution in [-0.4, -0.2) is 14.2 Å². The van der Waals surface area contributed by atoms with E-state index in [1.54, 1.807) is 14.2 Å². The summed E-state index contributed by atoms with van der Waals surface area (Å²) in [6.07, 6.45) is 1.13. The van der Waals surface area contributed by atoms with Crippen molar-refractivity contribution in [1.29, 1.82) is 5.26 Å². The van der Waals surface area contributed by atoms with Crippen molar-refractivity contribution in [3.05, 3.63) is 59.2 Å². The highest BCUT2D eigenvalue weighted by atomic mass is 16.5. The van der Waals surface area contributed by atoms with Crippen LogP contribution in [0.5, 0.6) is 11.5 Å². The van der Waals surface area contributed by atoms with Crippen LogP contribution in [0, 0.1) is 11.3 Å². The maximum atomic E-state index is 8.75. The number of rotatable bonds is 5. The summed E-state index contributed by atoms with van der Waals surface area (Å²) in [5, 5.41) is 8.75. The SMILES string of the molecule is COc1ccccc1Cc1ccc(CC#N)cc1OC. The Morgan fingerprint density at radius 2 is 1.65 bits per heavy atom. The summed E-state index contributed by atoms with van der Waals surface area (Å²) >= 11 is 0. The number of nitriles is 1. The Balaban J connectivity index is 2.31. The molecule has 0 atom stereocenters. The molecule has 0 spiro atoms. The van der Waals surface area contributed by atoms with Crippen molar-refractivity contribution < 1.29 is 9.47 Å². The molecule has 0 saturated heterocycles. The average molecular weight is 267 g/mol. The normalized spacial score (nSPS) is 9.85. The molecule has 0 aromatic heterocycles. The largest absolute Gasteiger partial charge is 0.496 e. The molecule has 0 fully saturated rings. The number of methoxy groups -OCH3 is 2. The molecule has 0 saturated carbocycles. The van der Waals surface area contributed by atoms with E-state index in [2.05, 4.69) is 6.07 Å². The smallest absolute Gasteiger partial charge is 0.122 e. The molecule has 0 radical (unpaired) electrons. The Bertz CT molecular complexity index is 629. The van der Waals surface area contributed by atoms with Gasteiger partial charge >= 0.3 is 0 Å². The van der Waals surface area contributed by atoms with Crippen LogP contribution in [0.3, 0.4) is 0 Å². The quantitative estimate of drug-likeness (QED) is 0.834. The fourth-order valence-corrected chi connectivity index (χ4v) is 2.19. The molecule has 0 heterocycles. The number of benzene rings is 2. The maximum Gasteiger partial charge on any atom is 0.122 e. The van der Waals surface area contributed by atoms with Crippen molar-refractivity contribution in [2.75, 3.05) is 14.2 Å². The highest BCUT2D eigenvalue weighted by Crippen LogP contribution is 2.27. The average Bonchev–Trinajstić information content (AvgIpc) is 2.49. The monoisotopic (exact) mass is 267 g/mol. The summed E-state index contributed by atoms with van der Waals surface area (Å²) in [5.74, 6) is 1.68. The van der Waals surface area contributed by atoms with Gasteiger partial charge in [-0.15, -0.1) is 0 Å². The molecule has 20 heavy (non-hydrogen) atoms. The Hall–Kier alpha value is -2.47. The van der Waals surface area contributed by atoms with Gasteiger partial charge in [-0.25, -0.2) is 0 Å². The molecular weight excluding hydrogens is 250 g/mol. The van der Waals surface area contributed by atoms with Crippen LogP contribution in [0.1, 0.15) is 16.7 Å². The molecule has 0 bridgehead atoms. The van der Waals surface area contributed by atoms with Crippen molar-refractivity contribution in [3.8, 4) is 17.6 Å². The predicted octanol–water partition coefficient (Wildman–Crippen LogP) is 3.36. The van der Waals surface area contributed by atoms with Gasteiger partial charge in [0.1, 0.15) is 11.5 Å². The van der Waals surface area contributed by atoms with E-state index in [1.165, 1.54) is 0 Å². The van der Waals surface area contributed by atoms with Gasteiger partial charge in [-0.05, 0) is 28.8 Å². The van der Waals surface area contributed by atoms with E-state index in [9.17, 15) is 0 Å². The van der Waals surface area contributed by atoms with Crippen molar-refractivity contribution in [1.82, 2.24) is 0 Å². The highest BCUT2D eigenvalue weighted by molar-refractivity contribution is 5.44. The minimum absolute atomic E-state index is 0.394. The molecular formula is C17H17NO2. The van der Waals surface area contributed by atoms with Crippen LogP contribution in [0.2, 0.25) is 0 Å². The summed E-state index contributed by atoms with van der Waals surface area (Å²) in [6, 6.07) is 16.0. The Kier molecular flexibility index (Phi) is 4.62. The fraction of sp³-hybridized carbons (Fsp3) is 0.235. The molecule has 2 rings (SSSR count). The molecule has 102 valence electrons. The minimum atomic E-state index is 0.394. The molecule has 2 aromatic rings. The van der Waals surface area contributed by atoms with Gasteiger partial charge in [0, 0.05) is 6.42 Å².